The van der Waals surface area contributed by atoms with Crippen molar-refractivity contribution < 1.29 is 4.74 Å². The molecule has 20 heavy (non-hydrogen) atoms. The van der Waals surface area contributed by atoms with Crippen LogP contribution in [0.5, 0.6) is 5.75 Å². The lowest BCUT2D eigenvalue weighted by Gasteiger charge is -2.10. The molecule has 2 nitrogen and oxygen atoms in total. The third kappa shape index (κ3) is 3.75. The van der Waals surface area contributed by atoms with Gasteiger partial charge in [-0.15, -0.1) is 0 Å². The molecule has 0 aliphatic rings. The van der Waals surface area contributed by atoms with Crippen LogP contribution in [0, 0.1) is 0 Å². The second-order valence-corrected chi connectivity index (χ2v) is 5.15. The summed E-state index contributed by atoms with van der Waals surface area (Å²) < 4.78 is 5.39. The number of benzene rings is 2. The second-order valence-electron chi connectivity index (χ2n) is 4.72. The van der Waals surface area contributed by atoms with Crippen molar-refractivity contribution >= 4 is 11.6 Å². The van der Waals surface area contributed by atoms with Gasteiger partial charge in [-0.1, -0.05) is 42.8 Å². The first kappa shape index (κ1) is 14.9. The molecule has 0 unspecified atom stereocenters. The molecule has 0 aliphatic heterocycles. The van der Waals surface area contributed by atoms with Crippen LogP contribution >= 0.6 is 11.6 Å². The Morgan fingerprint density at radius 3 is 2.50 bits per heavy atom. The molecule has 0 amide bonds. The van der Waals surface area contributed by atoms with Gasteiger partial charge in [-0.05, 0) is 42.3 Å². The lowest BCUT2D eigenvalue weighted by Crippen LogP contribution is -2.13. The van der Waals surface area contributed by atoms with E-state index in [0.29, 0.717) is 0 Å². The number of hydrogen-bond acceptors (Lipinski definition) is 2. The summed E-state index contributed by atoms with van der Waals surface area (Å²) >= 11 is 6.07. The molecule has 2 aromatic rings. The zero-order valence-electron chi connectivity index (χ0n) is 11.9. The Morgan fingerprint density at radius 2 is 1.85 bits per heavy atom. The van der Waals surface area contributed by atoms with Crippen molar-refractivity contribution in [3.63, 3.8) is 0 Å². The smallest absolute Gasteiger partial charge is 0.126 e. The fourth-order valence-corrected chi connectivity index (χ4v) is 2.29. The topological polar surface area (TPSA) is 21.3 Å². The molecule has 0 saturated heterocycles. The maximum Gasteiger partial charge on any atom is 0.126 e. The molecule has 0 spiro atoms. The fourth-order valence-electron chi connectivity index (χ4n) is 2.12. The molecule has 0 bridgehead atoms. The molecule has 0 saturated carbocycles. The Kier molecular flexibility index (Phi) is 5.45. The summed E-state index contributed by atoms with van der Waals surface area (Å²) in [5.41, 5.74) is 3.42. The van der Waals surface area contributed by atoms with Crippen molar-refractivity contribution in [1.82, 2.24) is 5.32 Å². The van der Waals surface area contributed by atoms with Crippen LogP contribution in [-0.2, 0) is 6.54 Å². The molecule has 3 heteroatoms. The monoisotopic (exact) mass is 289 g/mol. The van der Waals surface area contributed by atoms with Crippen LogP contribution in [0.15, 0.2) is 42.5 Å². The molecule has 2 rings (SSSR count). The number of hydrogen-bond donors (Lipinski definition) is 1. The van der Waals surface area contributed by atoms with Gasteiger partial charge in [0.25, 0.3) is 0 Å². The molecule has 0 aromatic heterocycles. The predicted molar refractivity (Wildman–Crippen MR) is 85.4 cm³/mol. The van der Waals surface area contributed by atoms with E-state index in [2.05, 4.69) is 36.5 Å². The lowest BCUT2D eigenvalue weighted by atomic mass is 10.0. The van der Waals surface area contributed by atoms with Crippen molar-refractivity contribution in [2.24, 2.45) is 0 Å². The van der Waals surface area contributed by atoms with Crippen LogP contribution in [0.3, 0.4) is 0 Å². The van der Waals surface area contributed by atoms with E-state index in [0.717, 1.165) is 41.4 Å². The van der Waals surface area contributed by atoms with Gasteiger partial charge in [0.2, 0.25) is 0 Å². The Morgan fingerprint density at radius 1 is 1.10 bits per heavy atom. The van der Waals surface area contributed by atoms with E-state index in [1.165, 1.54) is 5.56 Å². The zero-order valence-corrected chi connectivity index (χ0v) is 12.7. The Labute approximate surface area is 125 Å². The van der Waals surface area contributed by atoms with E-state index in [4.69, 9.17) is 16.3 Å². The third-order valence-corrected chi connectivity index (χ3v) is 3.42. The molecule has 1 N–H and O–H groups in total. The molecule has 0 radical (unpaired) electrons. The Balaban J connectivity index is 2.19. The van der Waals surface area contributed by atoms with Crippen LogP contribution in [0.25, 0.3) is 11.1 Å². The van der Waals surface area contributed by atoms with Crippen molar-refractivity contribution in [3.05, 3.63) is 53.1 Å². The molecule has 106 valence electrons. The van der Waals surface area contributed by atoms with Crippen molar-refractivity contribution in [2.75, 3.05) is 13.7 Å². The summed E-state index contributed by atoms with van der Waals surface area (Å²) in [6.45, 7) is 4.12. The SMILES string of the molecule is CCCNCc1ccc(-c2cc(Cl)ccc2OC)cc1. The standard InChI is InChI=1S/C17H20ClNO/c1-3-10-19-12-13-4-6-14(7-5-13)16-11-15(18)8-9-17(16)20-2/h4-9,11,19H,3,10,12H2,1-2H3. The van der Waals surface area contributed by atoms with Gasteiger partial charge in [-0.25, -0.2) is 0 Å². The Hall–Kier alpha value is -1.51. The van der Waals surface area contributed by atoms with Crippen LogP contribution in [0.1, 0.15) is 18.9 Å². The van der Waals surface area contributed by atoms with Gasteiger partial charge in [0.05, 0.1) is 7.11 Å². The van der Waals surface area contributed by atoms with Crippen LogP contribution in [0.4, 0.5) is 0 Å². The average Bonchev–Trinajstić information content (AvgIpc) is 2.48. The molecule has 0 fully saturated rings. The quantitative estimate of drug-likeness (QED) is 0.790. The number of ether oxygens (including phenoxy) is 1. The molecule has 0 heterocycles. The summed E-state index contributed by atoms with van der Waals surface area (Å²) in [7, 11) is 1.68. The molecule has 0 aliphatic carbocycles. The Bertz CT molecular complexity index is 551. The van der Waals surface area contributed by atoms with E-state index >= 15 is 0 Å². The minimum absolute atomic E-state index is 0.717. The molecular formula is C17H20ClNO. The highest BCUT2D eigenvalue weighted by Crippen LogP contribution is 2.32. The first-order chi connectivity index (χ1) is 9.74. The minimum Gasteiger partial charge on any atom is -0.496 e. The molecule has 0 atom stereocenters. The number of halogens is 1. The van der Waals surface area contributed by atoms with E-state index < -0.39 is 0 Å². The van der Waals surface area contributed by atoms with Gasteiger partial charge < -0.3 is 10.1 Å². The van der Waals surface area contributed by atoms with Crippen LogP contribution in [-0.4, -0.2) is 13.7 Å². The van der Waals surface area contributed by atoms with E-state index in [1.54, 1.807) is 7.11 Å². The molecule has 2 aromatic carbocycles. The predicted octanol–water partition coefficient (Wildman–Crippen LogP) is 4.52. The van der Waals surface area contributed by atoms with E-state index in [9.17, 15) is 0 Å². The van der Waals surface area contributed by atoms with Crippen molar-refractivity contribution in [2.45, 2.75) is 19.9 Å². The van der Waals surface area contributed by atoms with Gasteiger partial charge in [-0.3, -0.25) is 0 Å². The summed E-state index contributed by atoms with van der Waals surface area (Å²) in [4.78, 5) is 0. The normalized spacial score (nSPS) is 10.6. The minimum atomic E-state index is 0.717. The largest absolute Gasteiger partial charge is 0.496 e. The second kappa shape index (κ2) is 7.32. The van der Waals surface area contributed by atoms with Gasteiger partial charge in [0, 0.05) is 17.1 Å². The highest BCUT2D eigenvalue weighted by molar-refractivity contribution is 6.31. The highest BCUT2D eigenvalue weighted by Gasteiger charge is 2.06. The highest BCUT2D eigenvalue weighted by atomic mass is 35.5. The van der Waals surface area contributed by atoms with Gasteiger partial charge in [-0.2, -0.15) is 0 Å². The number of nitrogens with one attached hydrogen (secondary N) is 1. The third-order valence-electron chi connectivity index (χ3n) is 3.18. The maximum absolute atomic E-state index is 6.07. The summed E-state index contributed by atoms with van der Waals surface area (Å²) in [5.74, 6) is 0.839. The average molecular weight is 290 g/mol. The van der Waals surface area contributed by atoms with E-state index in [1.807, 2.05) is 18.2 Å². The first-order valence-corrected chi connectivity index (χ1v) is 7.26. The van der Waals surface area contributed by atoms with Gasteiger partial charge in [0.15, 0.2) is 0 Å². The van der Waals surface area contributed by atoms with Crippen molar-refractivity contribution in [1.29, 1.82) is 0 Å². The van der Waals surface area contributed by atoms with Gasteiger partial charge in [0.1, 0.15) is 5.75 Å². The lowest BCUT2D eigenvalue weighted by molar-refractivity contribution is 0.416. The zero-order chi connectivity index (χ0) is 14.4. The van der Waals surface area contributed by atoms with E-state index in [-0.39, 0.29) is 0 Å². The summed E-state index contributed by atoms with van der Waals surface area (Å²) in [6, 6.07) is 14.2. The number of methoxy groups -OCH3 is 1. The summed E-state index contributed by atoms with van der Waals surface area (Å²) in [6.07, 6.45) is 1.15. The number of rotatable bonds is 6. The molecular weight excluding hydrogens is 270 g/mol. The van der Waals surface area contributed by atoms with Crippen LogP contribution < -0.4 is 10.1 Å². The van der Waals surface area contributed by atoms with Crippen molar-refractivity contribution in [3.8, 4) is 16.9 Å². The first-order valence-electron chi connectivity index (χ1n) is 6.88. The van der Waals surface area contributed by atoms with Crippen LogP contribution in [0.2, 0.25) is 5.02 Å². The fraction of sp³-hybridized carbons (Fsp3) is 0.294. The van der Waals surface area contributed by atoms with Gasteiger partial charge >= 0.3 is 0 Å². The summed E-state index contributed by atoms with van der Waals surface area (Å²) in [5, 5.41) is 4.11. The maximum atomic E-state index is 6.07.